The van der Waals surface area contributed by atoms with Gasteiger partial charge in [0.15, 0.2) is 13.5 Å². The van der Waals surface area contributed by atoms with Crippen molar-refractivity contribution in [1.29, 1.82) is 0 Å². The van der Waals surface area contributed by atoms with Crippen LogP contribution in [-0.4, -0.2) is 108 Å². The number of ether oxygens (including phenoxy) is 4. The first-order valence-corrected chi connectivity index (χ1v) is 12.2. The number of para-hydroxylation sites is 2. The van der Waals surface area contributed by atoms with E-state index < -0.39 is 49.4 Å². The lowest BCUT2D eigenvalue weighted by molar-refractivity contribution is -0.159. The number of imide groups is 2. The molecule has 0 spiro atoms. The summed E-state index contributed by atoms with van der Waals surface area (Å²) < 4.78 is 19.7. The van der Waals surface area contributed by atoms with E-state index in [0.29, 0.717) is 0 Å². The Morgan fingerprint density at radius 1 is 0.550 bits per heavy atom. The summed E-state index contributed by atoms with van der Waals surface area (Å²) in [7, 11) is 0. The average molecular weight is 555 g/mol. The van der Waals surface area contributed by atoms with E-state index >= 15 is 0 Å². The molecule has 14 heteroatoms. The molecule has 4 rings (SSSR count). The number of hydrogen-bond donors (Lipinski definition) is 0. The van der Waals surface area contributed by atoms with Gasteiger partial charge in [0.1, 0.15) is 11.5 Å². The van der Waals surface area contributed by atoms with Gasteiger partial charge in [-0.25, -0.2) is 19.4 Å². The quantitative estimate of drug-likeness (QED) is 0.243. The second-order valence-electron chi connectivity index (χ2n) is 8.73. The molecule has 0 radical (unpaired) electrons. The minimum Gasteiger partial charge on any atom is -0.412 e. The van der Waals surface area contributed by atoms with Gasteiger partial charge in [-0.05, 0) is 24.3 Å². The zero-order valence-electron chi connectivity index (χ0n) is 21.3. The summed E-state index contributed by atoms with van der Waals surface area (Å²) in [5.41, 5.74) is 0. The largest absolute Gasteiger partial charge is 0.515 e. The molecule has 2 aromatic rings. The van der Waals surface area contributed by atoms with Crippen molar-refractivity contribution < 1.29 is 47.7 Å². The van der Waals surface area contributed by atoms with Crippen LogP contribution in [0.3, 0.4) is 0 Å². The number of rotatable bonds is 9. The smallest absolute Gasteiger partial charge is 0.412 e. The fourth-order valence-corrected chi connectivity index (χ4v) is 3.85. The van der Waals surface area contributed by atoms with Crippen molar-refractivity contribution in [2.75, 3.05) is 52.7 Å². The van der Waals surface area contributed by atoms with E-state index in [1.807, 2.05) is 0 Å². The van der Waals surface area contributed by atoms with Crippen molar-refractivity contribution in [3.05, 3.63) is 60.7 Å². The summed E-state index contributed by atoms with van der Waals surface area (Å²) in [6.45, 7) is -1.20. The van der Waals surface area contributed by atoms with Gasteiger partial charge in [0, 0.05) is 13.1 Å². The van der Waals surface area contributed by atoms with E-state index in [2.05, 4.69) is 0 Å². The molecule has 2 fully saturated rings. The van der Waals surface area contributed by atoms with Gasteiger partial charge in [0.05, 0.1) is 26.2 Å². The van der Waals surface area contributed by atoms with Crippen LogP contribution in [0.15, 0.2) is 60.7 Å². The number of benzene rings is 2. The average Bonchev–Trinajstić information content (AvgIpc) is 2.92. The lowest BCUT2D eigenvalue weighted by Gasteiger charge is -2.35. The first-order chi connectivity index (χ1) is 19.3. The lowest BCUT2D eigenvalue weighted by atomic mass is 10.2. The summed E-state index contributed by atoms with van der Waals surface area (Å²) in [5, 5.41) is 0. The molecule has 210 valence electrons. The molecule has 0 bridgehead atoms. The Morgan fingerprint density at radius 3 is 1.20 bits per heavy atom. The molecule has 2 aromatic carbocycles. The van der Waals surface area contributed by atoms with Crippen LogP contribution in [0.4, 0.5) is 9.59 Å². The van der Waals surface area contributed by atoms with E-state index in [1.165, 1.54) is 0 Å². The monoisotopic (exact) mass is 554 g/mol. The van der Waals surface area contributed by atoms with Crippen LogP contribution in [0.25, 0.3) is 0 Å². The van der Waals surface area contributed by atoms with Crippen LogP contribution in [0.1, 0.15) is 0 Å². The van der Waals surface area contributed by atoms with Crippen LogP contribution in [-0.2, 0) is 28.7 Å². The van der Waals surface area contributed by atoms with Gasteiger partial charge in [0.2, 0.25) is 23.6 Å². The molecule has 0 aromatic heterocycles. The van der Waals surface area contributed by atoms with Gasteiger partial charge < -0.3 is 18.9 Å². The second kappa shape index (κ2) is 13.3. The molecule has 4 amide bonds. The van der Waals surface area contributed by atoms with Crippen LogP contribution < -0.4 is 9.47 Å². The van der Waals surface area contributed by atoms with Crippen molar-refractivity contribution in [3.8, 4) is 11.5 Å². The van der Waals surface area contributed by atoms with Gasteiger partial charge in [-0.1, -0.05) is 36.4 Å². The summed E-state index contributed by atoms with van der Waals surface area (Å²) in [6, 6.07) is 16.4. The van der Waals surface area contributed by atoms with E-state index in [4.69, 9.17) is 18.9 Å². The van der Waals surface area contributed by atoms with Gasteiger partial charge in [-0.2, -0.15) is 0 Å². The molecular weight excluding hydrogens is 528 g/mol. The van der Waals surface area contributed by atoms with Crippen LogP contribution in [0, 0.1) is 0 Å². The topological polar surface area (TPSA) is 152 Å². The van der Waals surface area contributed by atoms with Crippen molar-refractivity contribution >= 4 is 35.9 Å². The van der Waals surface area contributed by atoms with E-state index in [9.17, 15) is 28.8 Å². The highest BCUT2D eigenvalue weighted by atomic mass is 16.7. The third kappa shape index (κ3) is 7.85. The number of carbonyl (C=O) groups is 6. The molecule has 40 heavy (non-hydrogen) atoms. The Labute approximate surface area is 228 Å². The maximum atomic E-state index is 12.5. The Balaban J connectivity index is 1.16. The lowest BCUT2D eigenvalue weighted by Crippen LogP contribution is -2.58. The molecule has 2 heterocycles. The number of hydrogen-bond acceptors (Lipinski definition) is 12. The number of nitrogens with zero attached hydrogens (tertiary/aromatic N) is 4. The number of piperazine rings is 2. The molecule has 14 nitrogen and oxygen atoms in total. The highest BCUT2D eigenvalue weighted by Gasteiger charge is 2.34. The van der Waals surface area contributed by atoms with Crippen LogP contribution in [0.2, 0.25) is 0 Å². The molecule has 0 N–H and O–H groups in total. The summed E-state index contributed by atoms with van der Waals surface area (Å²) in [6.07, 6.45) is -2.11. The first kappa shape index (κ1) is 28.2. The minimum absolute atomic E-state index is 0.123. The van der Waals surface area contributed by atoms with Crippen LogP contribution >= 0.6 is 0 Å². The first-order valence-electron chi connectivity index (χ1n) is 12.2. The fourth-order valence-electron chi connectivity index (χ4n) is 3.85. The normalized spacial score (nSPS) is 16.6. The fraction of sp³-hybridized carbons (Fsp3) is 0.308. The third-order valence-electron chi connectivity index (χ3n) is 5.88. The Bertz CT molecular complexity index is 1120. The summed E-state index contributed by atoms with van der Waals surface area (Å²) in [4.78, 5) is 78.3. The van der Waals surface area contributed by atoms with Crippen molar-refractivity contribution in [2.24, 2.45) is 0 Å². The van der Waals surface area contributed by atoms with Gasteiger partial charge in [0.25, 0.3) is 0 Å². The van der Waals surface area contributed by atoms with Crippen molar-refractivity contribution in [3.63, 3.8) is 0 Å². The van der Waals surface area contributed by atoms with Gasteiger partial charge in [-0.15, -0.1) is 0 Å². The minimum atomic E-state index is -1.05. The maximum absolute atomic E-state index is 12.5. The predicted molar refractivity (Wildman–Crippen MR) is 133 cm³/mol. The SMILES string of the molecule is O=C(OCN1C(=O)CN(CCN2CC(=O)N(COC(=O)Oc3ccccc3)C(=O)C2)CC1=O)Oc1ccccc1. The molecule has 0 atom stereocenters. The maximum Gasteiger partial charge on any atom is 0.515 e. The second-order valence-corrected chi connectivity index (χ2v) is 8.73. The zero-order valence-corrected chi connectivity index (χ0v) is 21.3. The van der Waals surface area contributed by atoms with Gasteiger partial charge in [-0.3, -0.25) is 29.0 Å². The molecule has 0 unspecified atom stereocenters. The molecule has 2 saturated heterocycles. The van der Waals surface area contributed by atoms with Gasteiger partial charge >= 0.3 is 12.3 Å². The van der Waals surface area contributed by atoms with Crippen molar-refractivity contribution in [2.45, 2.75) is 0 Å². The zero-order chi connectivity index (χ0) is 28.5. The molecular formula is C26H26N4O10. The summed E-state index contributed by atoms with van der Waals surface area (Å²) in [5.74, 6) is -1.77. The Kier molecular flexibility index (Phi) is 9.38. The Morgan fingerprint density at radius 2 is 0.875 bits per heavy atom. The third-order valence-corrected chi connectivity index (χ3v) is 5.88. The van der Waals surface area contributed by atoms with E-state index in [1.54, 1.807) is 70.5 Å². The molecule has 0 aliphatic carbocycles. The highest BCUT2D eigenvalue weighted by molar-refractivity contribution is 6.00. The standard InChI is InChI=1S/C26H26N4O10/c31-21-13-27(14-22(32)29(21)17-37-25(35)39-19-7-3-1-4-8-19)11-12-28-15-23(33)30(24(34)16-28)18-38-26(36)40-20-9-5-2-6-10-20/h1-10H,11-18H2. The molecule has 2 aliphatic heterocycles. The van der Waals surface area contributed by atoms with E-state index in [-0.39, 0.29) is 50.8 Å². The van der Waals surface area contributed by atoms with Crippen LogP contribution in [0.5, 0.6) is 11.5 Å². The van der Waals surface area contributed by atoms with E-state index in [0.717, 1.165) is 9.80 Å². The van der Waals surface area contributed by atoms with Crippen molar-refractivity contribution in [1.82, 2.24) is 19.6 Å². The number of carbonyl (C=O) groups excluding carboxylic acids is 6. The number of amides is 4. The summed E-state index contributed by atoms with van der Waals surface area (Å²) >= 11 is 0. The predicted octanol–water partition coefficient (Wildman–Crippen LogP) is 0.674. The molecule has 2 aliphatic rings. The highest BCUT2D eigenvalue weighted by Crippen LogP contribution is 2.12. The molecule has 0 saturated carbocycles. The Hall–Kier alpha value is -4.82.